The van der Waals surface area contributed by atoms with Crippen LogP contribution in [-0.2, 0) is 16.6 Å². The third-order valence-corrected chi connectivity index (χ3v) is 4.14. The Labute approximate surface area is 111 Å². The summed E-state index contributed by atoms with van der Waals surface area (Å²) in [5, 5.41) is 8.71. The summed E-state index contributed by atoms with van der Waals surface area (Å²) >= 11 is 1.64. The molecule has 1 aromatic heterocycles. The van der Waals surface area contributed by atoms with Crippen molar-refractivity contribution in [3.05, 3.63) is 24.0 Å². The summed E-state index contributed by atoms with van der Waals surface area (Å²) in [6.07, 6.45) is 1.99. The number of nitrogens with zero attached hydrogens (tertiary/aromatic N) is 2. The van der Waals surface area contributed by atoms with E-state index >= 15 is 0 Å². The fourth-order valence-electron chi connectivity index (χ4n) is 2.00. The highest BCUT2D eigenvalue weighted by atomic mass is 32.2. The van der Waals surface area contributed by atoms with Crippen molar-refractivity contribution >= 4 is 17.7 Å². The van der Waals surface area contributed by atoms with Crippen LogP contribution >= 0.6 is 11.8 Å². The van der Waals surface area contributed by atoms with Crippen LogP contribution in [0.15, 0.2) is 18.3 Å². The topological polar surface area (TPSA) is 54.7 Å². The number of aliphatic hydroxyl groups excluding tert-OH is 1. The first-order valence-electron chi connectivity index (χ1n) is 5.95. The van der Waals surface area contributed by atoms with E-state index in [1.807, 2.05) is 34.8 Å². The van der Waals surface area contributed by atoms with Crippen molar-refractivity contribution in [2.24, 2.45) is 7.05 Å². The van der Waals surface area contributed by atoms with E-state index in [0.29, 0.717) is 25.5 Å². The normalized spacial score (nSPS) is 19.8. The van der Waals surface area contributed by atoms with Crippen molar-refractivity contribution in [3.63, 3.8) is 0 Å². The molecule has 5 nitrogen and oxygen atoms in total. The highest BCUT2D eigenvalue weighted by Gasteiger charge is 2.33. The second kappa shape index (κ2) is 6.26. The van der Waals surface area contributed by atoms with Gasteiger partial charge in [0.05, 0.1) is 31.3 Å². The number of rotatable bonds is 6. The third kappa shape index (κ3) is 2.88. The van der Waals surface area contributed by atoms with Crippen molar-refractivity contribution < 1.29 is 14.6 Å². The number of carbonyl (C=O) groups excluding carboxylic acids is 1. The minimum atomic E-state index is 0.0178. The van der Waals surface area contributed by atoms with E-state index in [2.05, 4.69) is 0 Å². The Kier molecular flexibility index (Phi) is 4.68. The highest BCUT2D eigenvalue weighted by molar-refractivity contribution is 8.00. The van der Waals surface area contributed by atoms with Gasteiger partial charge in [0, 0.05) is 19.8 Å². The fraction of sp³-hybridized carbons (Fsp3) is 0.583. The van der Waals surface area contributed by atoms with Gasteiger partial charge in [0.25, 0.3) is 0 Å². The van der Waals surface area contributed by atoms with Crippen LogP contribution in [0.4, 0.5) is 0 Å². The van der Waals surface area contributed by atoms with E-state index in [4.69, 9.17) is 9.84 Å². The minimum absolute atomic E-state index is 0.0178. The lowest BCUT2D eigenvalue weighted by Crippen LogP contribution is -2.32. The van der Waals surface area contributed by atoms with Gasteiger partial charge in [-0.15, -0.1) is 11.8 Å². The average molecular weight is 270 g/mol. The van der Waals surface area contributed by atoms with E-state index in [1.54, 1.807) is 11.8 Å². The van der Waals surface area contributed by atoms with Gasteiger partial charge in [-0.05, 0) is 12.1 Å². The molecule has 0 aromatic carbocycles. The SMILES string of the molecule is Cn1cccc1C1SCC(=O)N1CCOCCO. The lowest BCUT2D eigenvalue weighted by Gasteiger charge is -2.24. The van der Waals surface area contributed by atoms with Gasteiger partial charge >= 0.3 is 0 Å². The average Bonchev–Trinajstić information content (AvgIpc) is 2.92. The molecule has 18 heavy (non-hydrogen) atoms. The van der Waals surface area contributed by atoms with Crippen molar-refractivity contribution in [2.45, 2.75) is 5.37 Å². The maximum Gasteiger partial charge on any atom is 0.233 e. The van der Waals surface area contributed by atoms with Gasteiger partial charge in [-0.3, -0.25) is 4.79 Å². The molecule has 1 amide bonds. The Balaban J connectivity index is 1.97. The third-order valence-electron chi connectivity index (χ3n) is 2.92. The fourth-order valence-corrected chi connectivity index (χ4v) is 3.29. The molecule has 1 unspecified atom stereocenters. The maximum absolute atomic E-state index is 11.8. The molecule has 1 aliphatic heterocycles. The number of thioether (sulfide) groups is 1. The predicted molar refractivity (Wildman–Crippen MR) is 70.2 cm³/mol. The molecule has 1 N–H and O–H groups in total. The summed E-state index contributed by atoms with van der Waals surface area (Å²) in [6, 6.07) is 4.02. The molecule has 100 valence electrons. The van der Waals surface area contributed by atoms with Crippen molar-refractivity contribution in [1.29, 1.82) is 0 Å². The van der Waals surface area contributed by atoms with Crippen LogP contribution < -0.4 is 0 Å². The summed E-state index contributed by atoms with van der Waals surface area (Å²) in [6.45, 7) is 1.38. The van der Waals surface area contributed by atoms with Crippen LogP contribution in [0.2, 0.25) is 0 Å². The number of carbonyl (C=O) groups is 1. The van der Waals surface area contributed by atoms with E-state index in [0.717, 1.165) is 5.69 Å². The van der Waals surface area contributed by atoms with Crippen LogP contribution in [0.1, 0.15) is 11.1 Å². The first-order chi connectivity index (χ1) is 8.74. The monoisotopic (exact) mass is 270 g/mol. The largest absolute Gasteiger partial charge is 0.394 e. The molecule has 0 bridgehead atoms. The lowest BCUT2D eigenvalue weighted by molar-refractivity contribution is -0.128. The van der Waals surface area contributed by atoms with Gasteiger partial charge in [-0.1, -0.05) is 0 Å². The van der Waals surface area contributed by atoms with E-state index in [1.165, 1.54) is 0 Å². The number of hydrogen-bond donors (Lipinski definition) is 1. The smallest absolute Gasteiger partial charge is 0.233 e. The molecule has 0 saturated carbocycles. The van der Waals surface area contributed by atoms with Gasteiger partial charge < -0.3 is 19.3 Å². The molecule has 0 spiro atoms. The number of hydrogen-bond acceptors (Lipinski definition) is 4. The molecule has 2 heterocycles. The zero-order valence-corrected chi connectivity index (χ0v) is 11.2. The molecule has 2 rings (SSSR count). The second-order valence-electron chi connectivity index (χ2n) is 4.13. The number of amides is 1. The number of aromatic nitrogens is 1. The lowest BCUT2D eigenvalue weighted by atomic mass is 10.3. The summed E-state index contributed by atoms with van der Waals surface area (Å²) in [4.78, 5) is 13.7. The molecule has 1 atom stereocenters. The quantitative estimate of drug-likeness (QED) is 0.770. The summed E-state index contributed by atoms with van der Waals surface area (Å²) in [5.74, 6) is 0.675. The van der Waals surface area contributed by atoms with Crippen LogP contribution in [-0.4, -0.2) is 52.6 Å². The molecule has 0 radical (unpaired) electrons. The standard InChI is InChI=1S/C12H18N2O3S/c1-13-4-2-3-10(13)12-14(11(16)9-18-12)5-7-17-8-6-15/h2-4,12,15H,5-9H2,1H3. The van der Waals surface area contributed by atoms with E-state index in [-0.39, 0.29) is 17.9 Å². The molecular formula is C12H18N2O3S. The van der Waals surface area contributed by atoms with Crippen molar-refractivity contribution in [3.8, 4) is 0 Å². The Morgan fingerprint density at radius 2 is 2.39 bits per heavy atom. The summed E-state index contributed by atoms with van der Waals surface area (Å²) in [7, 11) is 1.99. The van der Waals surface area contributed by atoms with Crippen molar-refractivity contribution in [1.82, 2.24) is 9.47 Å². The molecule has 1 fully saturated rings. The number of ether oxygens (including phenoxy) is 1. The summed E-state index contributed by atoms with van der Waals surface area (Å²) < 4.78 is 7.27. The zero-order chi connectivity index (χ0) is 13.0. The molecular weight excluding hydrogens is 252 g/mol. The van der Waals surface area contributed by atoms with Gasteiger partial charge in [0.2, 0.25) is 5.91 Å². The Hall–Kier alpha value is -0.980. The Bertz CT molecular complexity index is 408. The van der Waals surface area contributed by atoms with Crippen LogP contribution in [0.25, 0.3) is 0 Å². The molecule has 1 aromatic rings. The van der Waals surface area contributed by atoms with E-state index < -0.39 is 0 Å². The Morgan fingerprint density at radius 1 is 1.56 bits per heavy atom. The first-order valence-corrected chi connectivity index (χ1v) is 7.00. The molecule has 1 aliphatic rings. The van der Waals surface area contributed by atoms with Crippen LogP contribution in [0, 0.1) is 0 Å². The number of aryl methyl sites for hydroxylation is 1. The predicted octanol–water partition coefficient (Wildman–Crippen LogP) is 0.608. The minimum Gasteiger partial charge on any atom is -0.394 e. The second-order valence-corrected chi connectivity index (χ2v) is 5.20. The van der Waals surface area contributed by atoms with Crippen LogP contribution in [0.3, 0.4) is 0 Å². The highest BCUT2D eigenvalue weighted by Crippen LogP contribution is 2.38. The molecule has 0 aliphatic carbocycles. The van der Waals surface area contributed by atoms with Gasteiger partial charge in [-0.25, -0.2) is 0 Å². The molecule has 6 heteroatoms. The molecule has 1 saturated heterocycles. The summed E-state index contributed by atoms with van der Waals surface area (Å²) in [5.41, 5.74) is 1.13. The number of aliphatic hydroxyl groups is 1. The maximum atomic E-state index is 11.8. The van der Waals surface area contributed by atoms with Gasteiger partial charge in [0.1, 0.15) is 5.37 Å². The van der Waals surface area contributed by atoms with E-state index in [9.17, 15) is 4.79 Å². The van der Waals surface area contributed by atoms with Gasteiger partial charge in [0.15, 0.2) is 0 Å². The first kappa shape index (κ1) is 13.5. The van der Waals surface area contributed by atoms with Crippen LogP contribution in [0.5, 0.6) is 0 Å². The van der Waals surface area contributed by atoms with Gasteiger partial charge in [-0.2, -0.15) is 0 Å². The Morgan fingerprint density at radius 3 is 3.06 bits per heavy atom. The van der Waals surface area contributed by atoms with Crippen molar-refractivity contribution in [2.75, 3.05) is 32.1 Å². The zero-order valence-electron chi connectivity index (χ0n) is 10.4.